The summed E-state index contributed by atoms with van der Waals surface area (Å²) >= 11 is 0.398. The number of aliphatic hydroxyl groups is 1. The van der Waals surface area contributed by atoms with E-state index in [0.717, 1.165) is 0 Å². The molecule has 2 heteroatoms. The summed E-state index contributed by atoms with van der Waals surface area (Å²) in [7, 11) is 0. The predicted octanol–water partition coefficient (Wildman–Crippen LogP) is 1.21. The fourth-order valence-corrected chi connectivity index (χ4v) is 2.79. The fraction of sp³-hybridized carbons (Fsp3) is 0.400. The van der Waals surface area contributed by atoms with Crippen LogP contribution in [-0.4, -0.2) is 26.2 Å². The molecule has 1 rings (SSSR count). The quantitative estimate of drug-likeness (QED) is 0.772. The first-order valence-electron chi connectivity index (χ1n) is 4.10. The van der Waals surface area contributed by atoms with Gasteiger partial charge in [-0.25, -0.2) is 0 Å². The number of aliphatic hydroxyl groups excluding tert-OH is 1. The van der Waals surface area contributed by atoms with Gasteiger partial charge in [-0.05, 0) is 0 Å². The molecule has 0 spiro atoms. The van der Waals surface area contributed by atoms with Crippen LogP contribution in [0, 0.1) is 0 Å². The van der Waals surface area contributed by atoms with Gasteiger partial charge in [-0.2, -0.15) is 0 Å². The van der Waals surface area contributed by atoms with E-state index in [4.69, 9.17) is 0 Å². The topological polar surface area (TPSA) is 20.2 Å². The second-order valence-corrected chi connectivity index (χ2v) is 5.92. The Morgan fingerprint density at radius 3 is 2.25 bits per heavy atom. The van der Waals surface area contributed by atoms with Gasteiger partial charge in [0.1, 0.15) is 0 Å². The van der Waals surface area contributed by atoms with E-state index in [1.165, 1.54) is 4.46 Å². The first-order valence-corrected chi connectivity index (χ1v) is 5.94. The summed E-state index contributed by atoms with van der Waals surface area (Å²) in [6.07, 6.45) is -0.190. The number of hydrogen-bond donors (Lipinski definition) is 1. The van der Waals surface area contributed by atoms with E-state index in [1.807, 2.05) is 25.1 Å². The third-order valence-electron chi connectivity index (χ3n) is 1.74. The summed E-state index contributed by atoms with van der Waals surface area (Å²) in [4.78, 5) is 0.403. The van der Waals surface area contributed by atoms with E-state index in [1.54, 1.807) is 0 Å². The van der Waals surface area contributed by atoms with Crippen LogP contribution in [0.25, 0.3) is 0 Å². The van der Waals surface area contributed by atoms with Crippen LogP contribution in [0.3, 0.4) is 0 Å². The van der Waals surface area contributed by atoms with Crippen LogP contribution < -0.4 is 4.46 Å². The van der Waals surface area contributed by atoms with E-state index in [9.17, 15) is 5.11 Å². The summed E-state index contributed by atoms with van der Waals surface area (Å²) in [5, 5.41) is 9.30. The number of benzene rings is 1. The first kappa shape index (κ1) is 9.78. The summed E-state index contributed by atoms with van der Waals surface area (Å²) in [5.74, 6) is 0. The van der Waals surface area contributed by atoms with Crippen molar-refractivity contribution in [1.29, 1.82) is 0 Å². The zero-order valence-electron chi connectivity index (χ0n) is 7.40. The van der Waals surface area contributed by atoms with Gasteiger partial charge in [-0.1, -0.05) is 0 Å². The van der Waals surface area contributed by atoms with Gasteiger partial charge in [0.2, 0.25) is 0 Å². The van der Waals surface area contributed by atoms with Crippen LogP contribution >= 0.6 is 0 Å². The Kier molecular flexibility index (Phi) is 3.80. The summed E-state index contributed by atoms with van der Waals surface area (Å²) in [5.41, 5.74) is 0. The molecule has 0 saturated heterocycles. The van der Waals surface area contributed by atoms with Crippen molar-refractivity contribution in [3.05, 3.63) is 30.3 Å². The van der Waals surface area contributed by atoms with Gasteiger partial charge < -0.3 is 0 Å². The molecule has 0 radical (unpaired) electrons. The van der Waals surface area contributed by atoms with Crippen molar-refractivity contribution in [2.75, 3.05) is 0 Å². The maximum atomic E-state index is 9.30. The molecule has 0 saturated carbocycles. The first-order chi connectivity index (χ1) is 5.70. The third-order valence-corrected chi connectivity index (χ3v) is 4.49. The van der Waals surface area contributed by atoms with Crippen LogP contribution in [0.5, 0.6) is 0 Å². The molecular formula is C10H14OSe. The average molecular weight is 229 g/mol. The molecule has 0 heterocycles. The fourth-order valence-electron chi connectivity index (χ4n) is 0.812. The van der Waals surface area contributed by atoms with E-state index >= 15 is 0 Å². The molecular weight excluding hydrogens is 215 g/mol. The minimum absolute atomic E-state index is 0.190. The molecule has 0 aliphatic carbocycles. The van der Waals surface area contributed by atoms with E-state index in [2.05, 4.69) is 19.1 Å². The van der Waals surface area contributed by atoms with Crippen molar-refractivity contribution in [3.8, 4) is 0 Å². The van der Waals surface area contributed by atoms with Gasteiger partial charge in [0, 0.05) is 0 Å². The Morgan fingerprint density at radius 2 is 1.75 bits per heavy atom. The molecule has 66 valence electrons. The van der Waals surface area contributed by atoms with E-state index in [-0.39, 0.29) is 6.10 Å². The molecule has 0 aliphatic heterocycles. The van der Waals surface area contributed by atoms with Gasteiger partial charge >= 0.3 is 79.6 Å². The van der Waals surface area contributed by atoms with E-state index < -0.39 is 0 Å². The molecule has 2 atom stereocenters. The molecule has 0 amide bonds. The second kappa shape index (κ2) is 4.66. The molecule has 0 aromatic heterocycles. The Morgan fingerprint density at radius 1 is 1.17 bits per heavy atom. The molecule has 0 bridgehead atoms. The van der Waals surface area contributed by atoms with Gasteiger partial charge in [0.15, 0.2) is 0 Å². The summed E-state index contributed by atoms with van der Waals surface area (Å²) in [6, 6.07) is 10.4. The normalized spacial score (nSPS) is 15.6. The van der Waals surface area contributed by atoms with E-state index in [0.29, 0.717) is 19.8 Å². The molecule has 1 aromatic rings. The van der Waals surface area contributed by atoms with Gasteiger partial charge in [-0.3, -0.25) is 0 Å². The molecule has 12 heavy (non-hydrogen) atoms. The van der Waals surface area contributed by atoms with Crippen molar-refractivity contribution in [1.82, 2.24) is 0 Å². The zero-order valence-corrected chi connectivity index (χ0v) is 9.11. The second-order valence-electron chi connectivity index (χ2n) is 2.88. The predicted molar refractivity (Wildman–Crippen MR) is 52.9 cm³/mol. The monoisotopic (exact) mass is 230 g/mol. The standard InChI is InChI=1S/C10H14OSe/c1-8(11)9(2)12-10-6-4-3-5-7-10/h3-9,11H,1-2H3/t8-,9-/m0/s1. The Hall–Kier alpha value is -0.301. The molecule has 1 N–H and O–H groups in total. The Bertz CT molecular complexity index is 221. The van der Waals surface area contributed by atoms with Crippen LogP contribution in [0.2, 0.25) is 4.82 Å². The van der Waals surface area contributed by atoms with Crippen LogP contribution in [0.4, 0.5) is 0 Å². The molecule has 1 nitrogen and oxygen atoms in total. The molecule has 0 fully saturated rings. The molecule has 0 aliphatic rings. The van der Waals surface area contributed by atoms with Crippen molar-refractivity contribution >= 4 is 19.4 Å². The van der Waals surface area contributed by atoms with Crippen molar-refractivity contribution in [2.24, 2.45) is 0 Å². The third kappa shape index (κ3) is 2.98. The van der Waals surface area contributed by atoms with Crippen LogP contribution in [0.1, 0.15) is 13.8 Å². The van der Waals surface area contributed by atoms with Gasteiger partial charge in [0.25, 0.3) is 0 Å². The zero-order chi connectivity index (χ0) is 8.97. The van der Waals surface area contributed by atoms with Crippen molar-refractivity contribution < 1.29 is 5.11 Å². The number of hydrogen-bond acceptors (Lipinski definition) is 1. The maximum absolute atomic E-state index is 9.30. The summed E-state index contributed by atoms with van der Waals surface area (Å²) < 4.78 is 1.36. The minimum atomic E-state index is -0.190. The Labute approximate surface area is 80.0 Å². The Balaban J connectivity index is 2.53. The van der Waals surface area contributed by atoms with Gasteiger partial charge in [0.05, 0.1) is 0 Å². The molecule has 0 unspecified atom stereocenters. The SMILES string of the molecule is C[C@H](O)[C@H](C)[Se]c1ccccc1. The average Bonchev–Trinajstić information content (AvgIpc) is 2.06. The van der Waals surface area contributed by atoms with Gasteiger partial charge in [-0.15, -0.1) is 0 Å². The van der Waals surface area contributed by atoms with Crippen LogP contribution in [0.15, 0.2) is 30.3 Å². The van der Waals surface area contributed by atoms with Crippen molar-refractivity contribution in [2.45, 2.75) is 24.8 Å². The summed E-state index contributed by atoms with van der Waals surface area (Å²) in [6.45, 7) is 3.95. The number of rotatable bonds is 3. The molecule has 1 aromatic carbocycles. The van der Waals surface area contributed by atoms with Crippen LogP contribution in [-0.2, 0) is 0 Å². The van der Waals surface area contributed by atoms with Crippen molar-refractivity contribution in [3.63, 3.8) is 0 Å².